The maximum absolute atomic E-state index is 12.8. The highest BCUT2D eigenvalue weighted by Gasteiger charge is 2.29. The van der Waals surface area contributed by atoms with Crippen LogP contribution in [0.3, 0.4) is 0 Å². The average Bonchev–Trinajstić information content (AvgIpc) is 3.48. The van der Waals surface area contributed by atoms with Gasteiger partial charge in [0.25, 0.3) is 0 Å². The van der Waals surface area contributed by atoms with Crippen molar-refractivity contribution in [3.05, 3.63) is 102 Å². The lowest BCUT2D eigenvalue weighted by Crippen LogP contribution is -2.07. The first-order valence-corrected chi connectivity index (χ1v) is 10.3. The minimum Gasteiger partial charge on any atom is -0.363 e. The molecule has 2 aromatic carbocycles. The van der Waals surface area contributed by atoms with Gasteiger partial charge in [-0.1, -0.05) is 42.5 Å². The molecule has 5 rings (SSSR count). The second kappa shape index (κ2) is 8.42. The van der Waals surface area contributed by atoms with Crippen LogP contribution in [0.5, 0.6) is 0 Å². The molecule has 0 saturated carbocycles. The summed E-state index contributed by atoms with van der Waals surface area (Å²) in [6.45, 7) is 0.982. The van der Waals surface area contributed by atoms with Crippen molar-refractivity contribution < 1.29 is 13.2 Å². The highest BCUT2D eigenvalue weighted by Crippen LogP contribution is 2.29. The smallest absolute Gasteiger partial charge is 0.363 e. The van der Waals surface area contributed by atoms with Gasteiger partial charge in [0, 0.05) is 30.7 Å². The fourth-order valence-corrected chi connectivity index (χ4v) is 3.61. The molecule has 6 nitrogen and oxygen atoms in total. The molecule has 0 spiro atoms. The number of fused-ring (bicyclic) bond motifs is 1. The molecule has 0 atom stereocenters. The first kappa shape index (κ1) is 20.7. The maximum Gasteiger partial charge on any atom is 0.416 e. The van der Waals surface area contributed by atoms with E-state index in [2.05, 4.69) is 20.4 Å². The van der Waals surface area contributed by atoms with E-state index in [0.29, 0.717) is 30.1 Å². The predicted octanol–water partition coefficient (Wildman–Crippen LogP) is 5.27. The van der Waals surface area contributed by atoms with Gasteiger partial charge >= 0.3 is 6.18 Å². The zero-order valence-corrected chi connectivity index (χ0v) is 17.4. The van der Waals surface area contributed by atoms with E-state index in [-0.39, 0.29) is 0 Å². The molecule has 33 heavy (non-hydrogen) atoms. The summed E-state index contributed by atoms with van der Waals surface area (Å²) in [5.74, 6) is 0.542. The molecule has 0 saturated heterocycles. The van der Waals surface area contributed by atoms with Crippen LogP contribution >= 0.6 is 0 Å². The molecule has 3 heterocycles. The van der Waals surface area contributed by atoms with Crippen molar-refractivity contribution in [2.24, 2.45) is 0 Å². The Bertz CT molecular complexity index is 1370. The van der Waals surface area contributed by atoms with E-state index in [4.69, 9.17) is 0 Å². The molecule has 0 aliphatic heterocycles. The summed E-state index contributed by atoms with van der Waals surface area (Å²) in [6, 6.07) is 15.1. The van der Waals surface area contributed by atoms with Gasteiger partial charge in [-0.3, -0.25) is 9.08 Å². The van der Waals surface area contributed by atoms with Crippen LogP contribution in [-0.4, -0.2) is 24.1 Å². The van der Waals surface area contributed by atoms with Gasteiger partial charge in [0.2, 0.25) is 0 Å². The Morgan fingerprint density at radius 2 is 1.67 bits per heavy atom. The van der Waals surface area contributed by atoms with Gasteiger partial charge in [0.15, 0.2) is 11.5 Å². The molecule has 0 aliphatic rings. The molecule has 166 valence electrons. The second-order valence-electron chi connectivity index (χ2n) is 7.57. The van der Waals surface area contributed by atoms with E-state index in [9.17, 15) is 13.2 Å². The van der Waals surface area contributed by atoms with E-state index in [1.807, 2.05) is 51.8 Å². The minimum atomic E-state index is -4.35. The van der Waals surface area contributed by atoms with Gasteiger partial charge in [-0.25, -0.2) is 9.97 Å². The summed E-state index contributed by atoms with van der Waals surface area (Å²) in [7, 11) is 0. The van der Waals surface area contributed by atoms with E-state index in [1.54, 1.807) is 18.6 Å². The van der Waals surface area contributed by atoms with Crippen molar-refractivity contribution in [2.45, 2.75) is 19.3 Å². The van der Waals surface area contributed by atoms with Crippen molar-refractivity contribution in [1.29, 1.82) is 0 Å². The number of rotatable bonds is 6. The van der Waals surface area contributed by atoms with Crippen molar-refractivity contribution in [3.8, 4) is 11.3 Å². The molecule has 0 aliphatic carbocycles. The van der Waals surface area contributed by atoms with Crippen LogP contribution in [0, 0.1) is 0 Å². The van der Waals surface area contributed by atoms with Crippen LogP contribution in [0.1, 0.15) is 16.7 Å². The van der Waals surface area contributed by atoms with Gasteiger partial charge in [0.1, 0.15) is 0 Å². The fraction of sp³-hybridized carbons (Fsp3) is 0.125. The number of nitrogens with one attached hydrogen (secondary N) is 1. The molecule has 0 unspecified atom stereocenters. The molecule has 5 aromatic rings. The van der Waals surface area contributed by atoms with Crippen LogP contribution < -0.4 is 5.32 Å². The molecule has 9 heteroatoms. The maximum atomic E-state index is 12.8. The summed E-state index contributed by atoms with van der Waals surface area (Å²) < 4.78 is 42.0. The predicted molar refractivity (Wildman–Crippen MR) is 119 cm³/mol. The highest BCUT2D eigenvalue weighted by atomic mass is 19.4. The Morgan fingerprint density at radius 1 is 0.879 bits per heavy atom. The molecule has 0 radical (unpaired) electrons. The Hall–Kier alpha value is -4.14. The summed E-state index contributed by atoms with van der Waals surface area (Å²) in [6.07, 6.45) is 4.64. The monoisotopic (exact) mass is 448 g/mol. The number of alkyl halides is 3. The third kappa shape index (κ3) is 4.43. The molecule has 0 amide bonds. The summed E-state index contributed by atoms with van der Waals surface area (Å²) in [4.78, 5) is 8.91. The zero-order chi connectivity index (χ0) is 22.8. The van der Waals surface area contributed by atoms with Gasteiger partial charge in [-0.15, -0.1) is 0 Å². The summed E-state index contributed by atoms with van der Waals surface area (Å²) in [5, 5.41) is 7.63. The highest BCUT2D eigenvalue weighted by molar-refractivity contribution is 5.69. The van der Waals surface area contributed by atoms with Crippen LogP contribution in [-0.2, 0) is 19.3 Å². The van der Waals surface area contributed by atoms with Gasteiger partial charge in [-0.2, -0.15) is 18.3 Å². The second-order valence-corrected chi connectivity index (χ2v) is 7.57. The third-order valence-corrected chi connectivity index (χ3v) is 5.29. The fourth-order valence-electron chi connectivity index (χ4n) is 3.61. The van der Waals surface area contributed by atoms with Crippen molar-refractivity contribution in [1.82, 2.24) is 24.1 Å². The zero-order valence-electron chi connectivity index (χ0n) is 17.4. The summed E-state index contributed by atoms with van der Waals surface area (Å²) in [5.41, 5.74) is 3.55. The number of anilines is 1. The molecular weight excluding hydrogens is 429 g/mol. The van der Waals surface area contributed by atoms with E-state index in [0.717, 1.165) is 29.0 Å². The van der Waals surface area contributed by atoms with E-state index >= 15 is 0 Å². The quantitative estimate of drug-likeness (QED) is 0.384. The largest absolute Gasteiger partial charge is 0.416 e. The first-order chi connectivity index (χ1) is 16.0. The lowest BCUT2D eigenvalue weighted by Gasteiger charge is -2.11. The lowest BCUT2D eigenvalue weighted by atomic mass is 10.1. The average molecular weight is 448 g/mol. The summed E-state index contributed by atoms with van der Waals surface area (Å²) >= 11 is 0. The first-order valence-electron chi connectivity index (χ1n) is 10.3. The Balaban J connectivity index is 1.35. The molecule has 0 fully saturated rings. The van der Waals surface area contributed by atoms with Crippen molar-refractivity contribution in [3.63, 3.8) is 0 Å². The molecule has 3 aromatic heterocycles. The topological polar surface area (TPSA) is 60.0 Å². The van der Waals surface area contributed by atoms with Crippen LogP contribution in [0.25, 0.3) is 16.9 Å². The van der Waals surface area contributed by atoms with Crippen molar-refractivity contribution >= 4 is 11.5 Å². The molecule has 1 N–H and O–H groups in total. The van der Waals surface area contributed by atoms with E-state index < -0.39 is 11.7 Å². The number of halogens is 3. The third-order valence-electron chi connectivity index (χ3n) is 5.29. The number of hydrogen-bond acceptors (Lipinski definition) is 4. The van der Waals surface area contributed by atoms with Gasteiger partial charge in [-0.05, 0) is 23.3 Å². The normalized spacial score (nSPS) is 11.7. The Morgan fingerprint density at radius 3 is 2.42 bits per heavy atom. The number of aromatic nitrogens is 5. The number of nitrogens with zero attached hydrogens (tertiary/aromatic N) is 5. The minimum absolute atomic E-state index is 0.321. The number of imidazole rings is 1. The number of benzene rings is 2. The molecular formula is C24H19F3N6. The Kier molecular flexibility index (Phi) is 5.29. The van der Waals surface area contributed by atoms with Crippen molar-refractivity contribution in [2.75, 3.05) is 5.32 Å². The SMILES string of the molecule is FC(F)(F)c1ccc(CNc2ncc(-c3cnn(Cc4ccccc4)c3)n3ccnc23)cc1. The Labute approximate surface area is 187 Å². The molecule has 0 bridgehead atoms. The van der Waals surface area contributed by atoms with Gasteiger partial charge < -0.3 is 5.32 Å². The van der Waals surface area contributed by atoms with E-state index in [1.165, 1.54) is 12.1 Å². The standard InChI is InChI=1S/C24H19F3N6/c25-24(26,27)20-8-6-17(7-9-20)12-29-22-23-28-10-11-33(23)21(14-30-22)19-13-31-32(16-19)15-18-4-2-1-3-5-18/h1-11,13-14,16H,12,15H2,(H,29,30). The number of hydrogen-bond donors (Lipinski definition) is 1. The van der Waals surface area contributed by atoms with Crippen LogP contribution in [0.4, 0.5) is 19.0 Å². The lowest BCUT2D eigenvalue weighted by molar-refractivity contribution is -0.137. The van der Waals surface area contributed by atoms with Gasteiger partial charge in [0.05, 0.1) is 30.2 Å². The van der Waals surface area contributed by atoms with Crippen LogP contribution in [0.2, 0.25) is 0 Å². The van der Waals surface area contributed by atoms with Crippen LogP contribution in [0.15, 0.2) is 85.6 Å².